The van der Waals surface area contributed by atoms with Crippen LogP contribution in [0.15, 0.2) is 140 Å². The highest BCUT2D eigenvalue weighted by Crippen LogP contribution is 2.59. The minimum absolute atomic E-state index is 0.115. The topological polar surface area (TPSA) is 0 Å². The summed E-state index contributed by atoms with van der Waals surface area (Å²) in [5.74, 6) is 0. The number of hydrogen-bond donors (Lipinski definition) is 0. The first-order valence-electron chi connectivity index (χ1n) is 14.6. The van der Waals surface area contributed by atoms with E-state index >= 15 is 0 Å². The van der Waals surface area contributed by atoms with Gasteiger partial charge in [0.25, 0.3) is 0 Å². The van der Waals surface area contributed by atoms with Gasteiger partial charge < -0.3 is 0 Å². The summed E-state index contributed by atoms with van der Waals surface area (Å²) in [6, 6.07) is 51.7. The Bertz CT molecular complexity index is 1960. The van der Waals surface area contributed by atoms with Crippen LogP contribution in [0.4, 0.5) is 0 Å². The Kier molecular flexibility index (Phi) is 5.10. The molecule has 0 radical (unpaired) electrons. The van der Waals surface area contributed by atoms with E-state index in [9.17, 15) is 0 Å². The Morgan fingerprint density at radius 2 is 0.927 bits per heavy atom. The van der Waals surface area contributed by atoms with Crippen molar-refractivity contribution in [2.45, 2.75) is 31.6 Å². The van der Waals surface area contributed by atoms with Gasteiger partial charge in [0.05, 0.1) is 0 Å². The van der Waals surface area contributed by atoms with E-state index in [4.69, 9.17) is 0 Å². The molecule has 2 aliphatic carbocycles. The van der Waals surface area contributed by atoms with Gasteiger partial charge in [0.15, 0.2) is 0 Å². The van der Waals surface area contributed by atoms with Crippen molar-refractivity contribution >= 4 is 0 Å². The van der Waals surface area contributed by atoms with Crippen LogP contribution >= 0.6 is 0 Å². The standard InChI is InChI=1S/C41H32/c1-40(2)35-22-13-23-36(38(35)33-20-12-19-30(39(33)40)28-16-8-5-9-17-28)41(3)34-21-11-10-18-31(34)32-25-24-29(26-37(32)41)27-14-6-4-7-15-27/h4-26H,1-3H3. The lowest BCUT2D eigenvalue weighted by Crippen LogP contribution is -2.24. The van der Waals surface area contributed by atoms with Crippen LogP contribution < -0.4 is 0 Å². The molecule has 0 amide bonds. The molecule has 0 aliphatic heterocycles. The first kappa shape index (κ1) is 24.1. The maximum atomic E-state index is 2.45. The number of hydrogen-bond acceptors (Lipinski definition) is 0. The molecule has 8 rings (SSSR count). The average Bonchev–Trinajstić information content (AvgIpc) is 3.43. The predicted molar refractivity (Wildman–Crippen MR) is 172 cm³/mol. The first-order valence-corrected chi connectivity index (χ1v) is 14.6. The van der Waals surface area contributed by atoms with E-state index in [1.165, 1.54) is 72.3 Å². The second-order valence-corrected chi connectivity index (χ2v) is 12.2. The summed E-state index contributed by atoms with van der Waals surface area (Å²) in [5.41, 5.74) is 17.2. The first-order chi connectivity index (χ1) is 20.0. The molecule has 0 saturated carbocycles. The van der Waals surface area contributed by atoms with Crippen molar-refractivity contribution < 1.29 is 0 Å². The van der Waals surface area contributed by atoms with Crippen molar-refractivity contribution in [2.75, 3.05) is 0 Å². The third-order valence-electron chi connectivity index (χ3n) is 9.74. The molecular weight excluding hydrogens is 492 g/mol. The molecule has 196 valence electrons. The number of fused-ring (bicyclic) bond motifs is 6. The van der Waals surface area contributed by atoms with E-state index in [0.717, 1.165) is 0 Å². The third-order valence-corrected chi connectivity index (χ3v) is 9.74. The van der Waals surface area contributed by atoms with Gasteiger partial charge in [-0.05, 0) is 85.3 Å². The summed E-state index contributed by atoms with van der Waals surface area (Å²) >= 11 is 0. The summed E-state index contributed by atoms with van der Waals surface area (Å²) in [5, 5.41) is 0. The Labute approximate surface area is 243 Å². The maximum absolute atomic E-state index is 2.45. The van der Waals surface area contributed by atoms with Gasteiger partial charge in [-0.25, -0.2) is 0 Å². The molecule has 0 N–H and O–H groups in total. The van der Waals surface area contributed by atoms with Crippen molar-refractivity contribution in [2.24, 2.45) is 0 Å². The molecule has 0 heterocycles. The Morgan fingerprint density at radius 1 is 0.366 bits per heavy atom. The van der Waals surface area contributed by atoms with Crippen molar-refractivity contribution in [3.63, 3.8) is 0 Å². The molecule has 1 unspecified atom stereocenters. The maximum Gasteiger partial charge on any atom is 0.0442 e. The molecule has 0 heteroatoms. The van der Waals surface area contributed by atoms with Gasteiger partial charge in [-0.3, -0.25) is 0 Å². The zero-order chi connectivity index (χ0) is 27.8. The molecule has 41 heavy (non-hydrogen) atoms. The second kappa shape index (κ2) is 8.66. The molecule has 0 fully saturated rings. The Morgan fingerprint density at radius 3 is 1.71 bits per heavy atom. The number of rotatable bonds is 3. The summed E-state index contributed by atoms with van der Waals surface area (Å²) in [6.45, 7) is 7.26. The van der Waals surface area contributed by atoms with Gasteiger partial charge in [-0.2, -0.15) is 0 Å². The summed E-state index contributed by atoms with van der Waals surface area (Å²) in [6.07, 6.45) is 0. The highest BCUT2D eigenvalue weighted by molar-refractivity contribution is 5.93. The molecule has 6 aromatic rings. The van der Waals surface area contributed by atoms with E-state index in [2.05, 4.69) is 160 Å². The lowest BCUT2D eigenvalue weighted by Gasteiger charge is -2.31. The fourth-order valence-electron chi connectivity index (χ4n) is 7.80. The van der Waals surface area contributed by atoms with Crippen LogP contribution in [0.25, 0.3) is 44.5 Å². The van der Waals surface area contributed by atoms with Gasteiger partial charge in [-0.1, -0.05) is 147 Å². The van der Waals surface area contributed by atoms with Crippen LogP contribution in [0, 0.1) is 0 Å². The van der Waals surface area contributed by atoms with E-state index in [1.54, 1.807) is 0 Å². The molecule has 2 aliphatic rings. The summed E-state index contributed by atoms with van der Waals surface area (Å²) in [4.78, 5) is 0. The smallest absolute Gasteiger partial charge is 0.0442 e. The van der Waals surface area contributed by atoms with Crippen LogP contribution in [0.3, 0.4) is 0 Å². The van der Waals surface area contributed by atoms with Crippen LogP contribution in [0.1, 0.15) is 48.6 Å². The van der Waals surface area contributed by atoms with Crippen molar-refractivity contribution in [1.82, 2.24) is 0 Å². The lowest BCUT2D eigenvalue weighted by atomic mass is 9.70. The highest BCUT2D eigenvalue weighted by Gasteiger charge is 2.46. The van der Waals surface area contributed by atoms with E-state index in [-0.39, 0.29) is 10.8 Å². The summed E-state index contributed by atoms with van der Waals surface area (Å²) < 4.78 is 0. The van der Waals surface area contributed by atoms with Crippen molar-refractivity contribution in [3.8, 4) is 44.5 Å². The molecule has 6 aromatic carbocycles. The molecule has 0 aromatic heterocycles. The average molecular weight is 525 g/mol. The molecule has 0 saturated heterocycles. The van der Waals surface area contributed by atoms with Crippen LogP contribution in [-0.2, 0) is 10.8 Å². The molecule has 0 spiro atoms. The largest absolute Gasteiger partial charge is 0.0622 e. The minimum atomic E-state index is -0.289. The van der Waals surface area contributed by atoms with E-state index in [1.807, 2.05) is 0 Å². The molecule has 0 bridgehead atoms. The quantitative estimate of drug-likeness (QED) is 0.216. The zero-order valence-electron chi connectivity index (χ0n) is 23.8. The van der Waals surface area contributed by atoms with Gasteiger partial charge in [0.2, 0.25) is 0 Å². The van der Waals surface area contributed by atoms with Gasteiger partial charge in [-0.15, -0.1) is 0 Å². The third kappa shape index (κ3) is 3.28. The van der Waals surface area contributed by atoms with Crippen molar-refractivity contribution in [3.05, 3.63) is 167 Å². The van der Waals surface area contributed by atoms with Crippen LogP contribution in [0.5, 0.6) is 0 Å². The second-order valence-electron chi connectivity index (χ2n) is 12.2. The highest BCUT2D eigenvalue weighted by atomic mass is 14.5. The monoisotopic (exact) mass is 524 g/mol. The fraction of sp³-hybridized carbons (Fsp3) is 0.122. The van der Waals surface area contributed by atoms with E-state index < -0.39 is 0 Å². The molecule has 1 atom stereocenters. The van der Waals surface area contributed by atoms with E-state index in [0.29, 0.717) is 0 Å². The van der Waals surface area contributed by atoms with Crippen LogP contribution in [-0.4, -0.2) is 0 Å². The van der Waals surface area contributed by atoms with Gasteiger partial charge in [0, 0.05) is 10.8 Å². The Hall–Kier alpha value is -4.68. The fourth-order valence-corrected chi connectivity index (χ4v) is 7.80. The van der Waals surface area contributed by atoms with Crippen LogP contribution in [0.2, 0.25) is 0 Å². The van der Waals surface area contributed by atoms with Gasteiger partial charge in [0.1, 0.15) is 0 Å². The Balaban J connectivity index is 1.43. The molecular formula is C41H32. The zero-order valence-corrected chi connectivity index (χ0v) is 23.8. The molecule has 0 nitrogen and oxygen atoms in total. The SMILES string of the molecule is CC1(C)c2cccc(C3(C)c4ccccc4-c4ccc(-c5ccccc5)cc43)c2-c2cccc(-c3ccccc3)c21. The van der Waals surface area contributed by atoms with Gasteiger partial charge >= 0.3 is 0 Å². The normalized spacial score (nSPS) is 17.4. The summed E-state index contributed by atoms with van der Waals surface area (Å²) in [7, 11) is 0. The predicted octanol–water partition coefficient (Wildman–Crippen LogP) is 10.7. The number of benzene rings is 6. The van der Waals surface area contributed by atoms with Crippen molar-refractivity contribution in [1.29, 1.82) is 0 Å². The lowest BCUT2D eigenvalue weighted by molar-refractivity contribution is 0.658. The minimum Gasteiger partial charge on any atom is -0.0622 e.